The maximum Gasteiger partial charge on any atom is 0.177 e. The molecule has 48 valence electrons. The van der Waals surface area contributed by atoms with Crippen LogP contribution in [0.25, 0.3) is 0 Å². The van der Waals surface area contributed by atoms with Crippen molar-refractivity contribution in [2.75, 3.05) is 0 Å². The summed E-state index contributed by atoms with van der Waals surface area (Å²) in [6, 6.07) is 0. The van der Waals surface area contributed by atoms with Gasteiger partial charge in [-0.05, 0) is 6.42 Å². The summed E-state index contributed by atoms with van der Waals surface area (Å²) in [7, 11) is 0. The lowest BCUT2D eigenvalue weighted by Gasteiger charge is -2.02. The van der Waals surface area contributed by atoms with Crippen molar-refractivity contribution in [3.8, 4) is 0 Å². The minimum Gasteiger partial charge on any atom is -0.515 e. The summed E-state index contributed by atoms with van der Waals surface area (Å²) < 4.78 is 0. The zero-order valence-electron chi connectivity index (χ0n) is 4.70. The predicted octanol–water partition coefficient (Wildman–Crippen LogP) is 0.149. The first kappa shape index (κ1) is 7.46. The number of aliphatic hydroxyl groups excluding tert-OH is 2. The summed E-state index contributed by atoms with van der Waals surface area (Å²) >= 11 is 0. The van der Waals surface area contributed by atoms with E-state index in [-0.39, 0.29) is 5.57 Å². The van der Waals surface area contributed by atoms with Crippen LogP contribution in [0.2, 0.25) is 0 Å². The lowest BCUT2D eigenvalue weighted by Crippen LogP contribution is -2.07. The predicted molar refractivity (Wildman–Crippen MR) is 29.2 cm³/mol. The van der Waals surface area contributed by atoms with Gasteiger partial charge in [-0.25, -0.2) is 0 Å². The molecule has 3 heteroatoms. The first-order chi connectivity index (χ1) is 3.72. The fourth-order valence-electron chi connectivity index (χ4n) is 0.341. The molecule has 0 rings (SSSR count). The van der Waals surface area contributed by atoms with Crippen LogP contribution in [-0.4, -0.2) is 21.6 Å². The van der Waals surface area contributed by atoms with E-state index < -0.39 is 6.29 Å². The second-order valence-corrected chi connectivity index (χ2v) is 1.43. The highest BCUT2D eigenvalue weighted by molar-refractivity contribution is 4.98. The number of aliphatic hydroxyl groups is 3. The van der Waals surface area contributed by atoms with E-state index in [2.05, 4.69) is 0 Å². The van der Waals surface area contributed by atoms with Gasteiger partial charge in [-0.3, -0.25) is 0 Å². The molecule has 0 radical (unpaired) electrons. The van der Waals surface area contributed by atoms with E-state index >= 15 is 0 Å². The van der Waals surface area contributed by atoms with Gasteiger partial charge in [0, 0.05) is 5.57 Å². The van der Waals surface area contributed by atoms with Crippen molar-refractivity contribution in [3.63, 3.8) is 0 Å². The van der Waals surface area contributed by atoms with Gasteiger partial charge < -0.3 is 15.3 Å². The van der Waals surface area contributed by atoms with Crippen LogP contribution in [0.15, 0.2) is 11.8 Å². The lowest BCUT2D eigenvalue weighted by molar-refractivity contribution is -0.0115. The quantitative estimate of drug-likeness (QED) is 0.357. The van der Waals surface area contributed by atoms with E-state index in [0.717, 1.165) is 0 Å². The van der Waals surface area contributed by atoms with E-state index in [1.807, 2.05) is 0 Å². The molecule has 0 aromatic rings. The molecule has 0 aromatic heterocycles. The van der Waals surface area contributed by atoms with Crippen molar-refractivity contribution in [3.05, 3.63) is 11.8 Å². The molecule has 0 amide bonds. The van der Waals surface area contributed by atoms with Crippen molar-refractivity contribution in [1.29, 1.82) is 0 Å². The van der Waals surface area contributed by atoms with Gasteiger partial charge in [-0.1, -0.05) is 6.92 Å². The van der Waals surface area contributed by atoms with E-state index in [4.69, 9.17) is 15.3 Å². The van der Waals surface area contributed by atoms with Gasteiger partial charge in [0.1, 0.15) is 0 Å². The molecule has 0 aliphatic rings. The number of hydrogen-bond acceptors (Lipinski definition) is 3. The molecule has 0 fully saturated rings. The highest BCUT2D eigenvalue weighted by atomic mass is 16.5. The molecule has 0 aromatic carbocycles. The van der Waals surface area contributed by atoms with E-state index in [0.29, 0.717) is 12.7 Å². The SMILES string of the molecule is CC/C(=C\O)C(O)O. The van der Waals surface area contributed by atoms with Crippen LogP contribution in [0.1, 0.15) is 13.3 Å². The Labute approximate surface area is 47.9 Å². The van der Waals surface area contributed by atoms with Gasteiger partial charge >= 0.3 is 0 Å². The van der Waals surface area contributed by atoms with Crippen molar-refractivity contribution in [2.24, 2.45) is 0 Å². The number of hydrogen-bond donors (Lipinski definition) is 3. The Kier molecular flexibility index (Phi) is 3.23. The average molecular weight is 118 g/mol. The summed E-state index contributed by atoms with van der Waals surface area (Å²) in [6.07, 6.45) is -0.344. The lowest BCUT2D eigenvalue weighted by atomic mass is 10.2. The first-order valence-corrected chi connectivity index (χ1v) is 2.41. The fraction of sp³-hybridized carbons (Fsp3) is 0.600. The van der Waals surface area contributed by atoms with Crippen LogP contribution in [0.3, 0.4) is 0 Å². The van der Waals surface area contributed by atoms with Gasteiger partial charge in [0.15, 0.2) is 6.29 Å². The Bertz CT molecular complexity index is 85.7. The average Bonchev–Trinajstić information content (AvgIpc) is 1.69. The van der Waals surface area contributed by atoms with Gasteiger partial charge in [0.25, 0.3) is 0 Å². The largest absolute Gasteiger partial charge is 0.515 e. The van der Waals surface area contributed by atoms with Crippen LogP contribution in [0.4, 0.5) is 0 Å². The van der Waals surface area contributed by atoms with Crippen molar-refractivity contribution < 1.29 is 15.3 Å². The normalized spacial score (nSPS) is 12.8. The summed E-state index contributed by atoms with van der Waals surface area (Å²) in [4.78, 5) is 0. The van der Waals surface area contributed by atoms with Crippen molar-refractivity contribution in [2.45, 2.75) is 19.6 Å². The molecule has 0 aliphatic carbocycles. The van der Waals surface area contributed by atoms with Crippen LogP contribution in [0.5, 0.6) is 0 Å². The second kappa shape index (κ2) is 3.46. The third kappa shape index (κ3) is 1.95. The maximum atomic E-state index is 8.34. The zero-order chi connectivity index (χ0) is 6.57. The smallest absolute Gasteiger partial charge is 0.177 e. The summed E-state index contributed by atoms with van der Waals surface area (Å²) in [6.45, 7) is 1.72. The molecule has 8 heavy (non-hydrogen) atoms. The van der Waals surface area contributed by atoms with Gasteiger partial charge in [0.2, 0.25) is 0 Å². The minimum absolute atomic E-state index is 0.227. The molecule has 0 saturated heterocycles. The summed E-state index contributed by atoms with van der Waals surface area (Å²) in [5.41, 5.74) is 0.227. The Hall–Kier alpha value is -0.540. The topological polar surface area (TPSA) is 60.7 Å². The first-order valence-electron chi connectivity index (χ1n) is 2.41. The number of rotatable bonds is 2. The molecule has 3 nitrogen and oxygen atoms in total. The van der Waals surface area contributed by atoms with Crippen molar-refractivity contribution >= 4 is 0 Å². The third-order valence-electron chi connectivity index (χ3n) is 0.906. The van der Waals surface area contributed by atoms with Gasteiger partial charge in [0.05, 0.1) is 6.26 Å². The van der Waals surface area contributed by atoms with E-state index in [1.165, 1.54) is 0 Å². The highest BCUT2D eigenvalue weighted by Crippen LogP contribution is 2.01. The van der Waals surface area contributed by atoms with Crippen LogP contribution >= 0.6 is 0 Å². The third-order valence-corrected chi connectivity index (χ3v) is 0.906. The van der Waals surface area contributed by atoms with E-state index in [9.17, 15) is 0 Å². The summed E-state index contributed by atoms with van der Waals surface area (Å²) in [5, 5.41) is 24.9. The molecule has 3 N–H and O–H groups in total. The molecule has 0 bridgehead atoms. The molecule has 0 spiro atoms. The van der Waals surface area contributed by atoms with E-state index in [1.54, 1.807) is 6.92 Å². The molecule has 0 atom stereocenters. The zero-order valence-corrected chi connectivity index (χ0v) is 4.70. The standard InChI is InChI=1S/C5H10O3/c1-2-4(3-6)5(7)8/h3,5-8H,2H2,1H3/b4-3+. The Morgan fingerprint density at radius 1 is 1.62 bits per heavy atom. The molecule has 0 saturated carbocycles. The minimum atomic E-state index is -1.51. The molecule has 0 heterocycles. The van der Waals surface area contributed by atoms with Crippen LogP contribution in [0, 0.1) is 0 Å². The summed E-state index contributed by atoms with van der Waals surface area (Å²) in [5.74, 6) is 0. The molecular weight excluding hydrogens is 108 g/mol. The van der Waals surface area contributed by atoms with Crippen LogP contribution < -0.4 is 0 Å². The van der Waals surface area contributed by atoms with Crippen molar-refractivity contribution in [1.82, 2.24) is 0 Å². The van der Waals surface area contributed by atoms with Crippen LogP contribution in [-0.2, 0) is 0 Å². The molecule has 0 unspecified atom stereocenters. The highest BCUT2D eigenvalue weighted by Gasteiger charge is 2.01. The Morgan fingerprint density at radius 3 is 2.12 bits per heavy atom. The second-order valence-electron chi connectivity index (χ2n) is 1.43. The molecule has 0 aliphatic heterocycles. The monoisotopic (exact) mass is 118 g/mol. The van der Waals surface area contributed by atoms with Gasteiger partial charge in [-0.15, -0.1) is 0 Å². The van der Waals surface area contributed by atoms with Gasteiger partial charge in [-0.2, -0.15) is 0 Å². The fourth-order valence-corrected chi connectivity index (χ4v) is 0.341. The Morgan fingerprint density at radius 2 is 2.12 bits per heavy atom. The molecular formula is C5H10O3. The Balaban J connectivity index is 3.72. The maximum absolute atomic E-state index is 8.34.